The van der Waals surface area contributed by atoms with Crippen LogP contribution < -0.4 is 5.32 Å². The predicted molar refractivity (Wildman–Crippen MR) is 74.4 cm³/mol. The molecular formula is C13H22BrN3. The van der Waals surface area contributed by atoms with Crippen molar-refractivity contribution >= 4 is 15.9 Å². The molecule has 0 spiro atoms. The van der Waals surface area contributed by atoms with Crippen molar-refractivity contribution in [2.24, 2.45) is 0 Å². The van der Waals surface area contributed by atoms with Gasteiger partial charge in [0.2, 0.25) is 0 Å². The Bertz CT molecular complexity index is 373. The maximum absolute atomic E-state index is 4.50. The summed E-state index contributed by atoms with van der Waals surface area (Å²) in [6.07, 6.45) is 7.16. The fourth-order valence-corrected chi connectivity index (χ4v) is 3.48. The molecule has 0 amide bonds. The number of nitrogens with zero attached hydrogens (tertiary/aromatic N) is 2. The van der Waals surface area contributed by atoms with Crippen molar-refractivity contribution in [3.05, 3.63) is 16.4 Å². The lowest BCUT2D eigenvalue weighted by atomic mass is 9.82. The molecule has 0 aliphatic heterocycles. The Kier molecular flexibility index (Phi) is 4.26. The van der Waals surface area contributed by atoms with Gasteiger partial charge in [-0.15, -0.1) is 0 Å². The largest absolute Gasteiger partial charge is 0.316 e. The summed E-state index contributed by atoms with van der Waals surface area (Å²) in [6.45, 7) is 4.39. The zero-order valence-electron chi connectivity index (χ0n) is 10.9. The number of rotatable bonds is 3. The standard InChI is InChI=1S/C13H22BrN3/c1-9(2)17-13(11(14)8-16-17)10-6-4-5-7-12(10)15-3/h8-10,12,15H,4-7H2,1-3H3. The summed E-state index contributed by atoms with van der Waals surface area (Å²) < 4.78 is 3.34. The molecule has 96 valence electrons. The minimum absolute atomic E-state index is 0.427. The average Bonchev–Trinajstić information content (AvgIpc) is 2.71. The molecule has 0 bridgehead atoms. The summed E-state index contributed by atoms with van der Waals surface area (Å²) in [5.74, 6) is 0.591. The van der Waals surface area contributed by atoms with Crippen LogP contribution in [0.5, 0.6) is 0 Å². The lowest BCUT2D eigenvalue weighted by Crippen LogP contribution is -2.36. The summed E-state index contributed by atoms with van der Waals surface area (Å²) in [4.78, 5) is 0. The average molecular weight is 300 g/mol. The molecule has 4 heteroatoms. The van der Waals surface area contributed by atoms with Gasteiger partial charge in [-0.3, -0.25) is 4.68 Å². The Hall–Kier alpha value is -0.350. The summed E-state index contributed by atoms with van der Waals surface area (Å²) in [5.41, 5.74) is 1.37. The third-order valence-corrected chi connectivity index (χ3v) is 4.38. The van der Waals surface area contributed by atoms with E-state index in [1.165, 1.54) is 35.8 Å². The van der Waals surface area contributed by atoms with E-state index >= 15 is 0 Å². The molecule has 3 nitrogen and oxygen atoms in total. The Labute approximate surface area is 112 Å². The van der Waals surface area contributed by atoms with Crippen LogP contribution >= 0.6 is 15.9 Å². The Balaban J connectivity index is 2.33. The van der Waals surface area contributed by atoms with E-state index in [2.05, 4.69) is 51.9 Å². The monoisotopic (exact) mass is 299 g/mol. The molecular weight excluding hydrogens is 278 g/mol. The second-order valence-corrected chi connectivity index (χ2v) is 6.06. The Morgan fingerprint density at radius 1 is 1.41 bits per heavy atom. The van der Waals surface area contributed by atoms with E-state index in [1.807, 2.05) is 6.20 Å². The van der Waals surface area contributed by atoms with Crippen molar-refractivity contribution < 1.29 is 0 Å². The van der Waals surface area contributed by atoms with Gasteiger partial charge in [0.25, 0.3) is 0 Å². The third kappa shape index (κ3) is 2.58. The van der Waals surface area contributed by atoms with Gasteiger partial charge in [-0.05, 0) is 49.7 Å². The van der Waals surface area contributed by atoms with Crippen LogP contribution in [0.3, 0.4) is 0 Å². The molecule has 0 aromatic carbocycles. The summed E-state index contributed by atoms with van der Waals surface area (Å²) in [6, 6.07) is 1.02. The van der Waals surface area contributed by atoms with Gasteiger partial charge < -0.3 is 5.32 Å². The molecule has 1 aromatic rings. The highest BCUT2D eigenvalue weighted by atomic mass is 79.9. The first kappa shape index (κ1) is 13.1. The number of hydrogen-bond acceptors (Lipinski definition) is 2. The van der Waals surface area contributed by atoms with E-state index in [9.17, 15) is 0 Å². The molecule has 1 N–H and O–H groups in total. The fraction of sp³-hybridized carbons (Fsp3) is 0.769. The number of halogens is 1. The molecule has 2 unspecified atom stereocenters. The van der Waals surface area contributed by atoms with Crippen LogP contribution in [0.2, 0.25) is 0 Å². The van der Waals surface area contributed by atoms with E-state index in [-0.39, 0.29) is 0 Å². The summed E-state index contributed by atoms with van der Waals surface area (Å²) in [5, 5.41) is 7.97. The van der Waals surface area contributed by atoms with Gasteiger partial charge in [0.15, 0.2) is 0 Å². The van der Waals surface area contributed by atoms with Crippen LogP contribution in [-0.4, -0.2) is 22.9 Å². The molecule has 1 aliphatic carbocycles. The second kappa shape index (κ2) is 5.53. The highest BCUT2D eigenvalue weighted by Gasteiger charge is 2.30. The molecule has 17 heavy (non-hydrogen) atoms. The maximum atomic E-state index is 4.50. The molecule has 1 fully saturated rings. The van der Waals surface area contributed by atoms with Crippen LogP contribution in [0.1, 0.15) is 57.2 Å². The van der Waals surface area contributed by atoms with Crippen LogP contribution in [0.25, 0.3) is 0 Å². The lowest BCUT2D eigenvalue weighted by Gasteiger charge is -2.32. The van der Waals surface area contributed by atoms with Gasteiger partial charge in [0, 0.05) is 18.0 Å². The molecule has 1 saturated carbocycles. The highest BCUT2D eigenvalue weighted by Crippen LogP contribution is 2.37. The molecule has 2 rings (SSSR count). The SMILES string of the molecule is CNC1CCCCC1c1c(Br)cnn1C(C)C. The van der Waals surface area contributed by atoms with E-state index in [0.29, 0.717) is 18.0 Å². The van der Waals surface area contributed by atoms with Crippen molar-refractivity contribution in [1.82, 2.24) is 15.1 Å². The summed E-state index contributed by atoms with van der Waals surface area (Å²) >= 11 is 3.67. The first-order valence-corrected chi connectivity index (χ1v) is 7.34. The quantitative estimate of drug-likeness (QED) is 0.926. The molecule has 1 aliphatic rings. The van der Waals surface area contributed by atoms with E-state index in [4.69, 9.17) is 0 Å². The van der Waals surface area contributed by atoms with Gasteiger partial charge in [0.1, 0.15) is 0 Å². The van der Waals surface area contributed by atoms with Crippen molar-refractivity contribution in [3.63, 3.8) is 0 Å². The molecule has 2 atom stereocenters. The van der Waals surface area contributed by atoms with Crippen LogP contribution in [0, 0.1) is 0 Å². The molecule has 1 aromatic heterocycles. The number of hydrogen-bond donors (Lipinski definition) is 1. The molecule has 1 heterocycles. The topological polar surface area (TPSA) is 29.9 Å². The highest BCUT2D eigenvalue weighted by molar-refractivity contribution is 9.10. The van der Waals surface area contributed by atoms with Crippen molar-refractivity contribution in [2.45, 2.75) is 57.5 Å². The van der Waals surface area contributed by atoms with Gasteiger partial charge in [-0.25, -0.2) is 0 Å². The van der Waals surface area contributed by atoms with Crippen molar-refractivity contribution in [1.29, 1.82) is 0 Å². The number of likely N-dealkylation sites (N-methyl/N-ethyl adjacent to an activating group) is 1. The zero-order chi connectivity index (χ0) is 12.4. The maximum Gasteiger partial charge on any atom is 0.0635 e. The van der Waals surface area contributed by atoms with Gasteiger partial charge in [-0.1, -0.05) is 12.8 Å². The van der Waals surface area contributed by atoms with Gasteiger partial charge >= 0.3 is 0 Å². The first-order chi connectivity index (χ1) is 8.15. The molecule has 0 saturated heterocycles. The smallest absolute Gasteiger partial charge is 0.0635 e. The van der Waals surface area contributed by atoms with Crippen LogP contribution in [0.15, 0.2) is 10.7 Å². The minimum Gasteiger partial charge on any atom is -0.316 e. The van der Waals surface area contributed by atoms with Crippen LogP contribution in [0.4, 0.5) is 0 Å². The van der Waals surface area contributed by atoms with E-state index < -0.39 is 0 Å². The second-order valence-electron chi connectivity index (χ2n) is 5.20. The Morgan fingerprint density at radius 3 is 2.76 bits per heavy atom. The summed E-state index contributed by atoms with van der Waals surface area (Å²) in [7, 11) is 2.08. The van der Waals surface area contributed by atoms with Crippen LogP contribution in [-0.2, 0) is 0 Å². The van der Waals surface area contributed by atoms with Gasteiger partial charge in [-0.2, -0.15) is 5.10 Å². The Morgan fingerprint density at radius 2 is 2.12 bits per heavy atom. The number of nitrogens with one attached hydrogen (secondary N) is 1. The minimum atomic E-state index is 0.427. The fourth-order valence-electron chi connectivity index (χ4n) is 2.91. The van der Waals surface area contributed by atoms with E-state index in [0.717, 1.165) is 0 Å². The van der Waals surface area contributed by atoms with Crippen molar-refractivity contribution in [3.8, 4) is 0 Å². The normalized spacial score (nSPS) is 25.5. The van der Waals surface area contributed by atoms with Gasteiger partial charge in [0.05, 0.1) is 16.4 Å². The number of aromatic nitrogens is 2. The predicted octanol–water partition coefficient (Wildman–Crippen LogP) is 3.47. The third-order valence-electron chi connectivity index (χ3n) is 3.76. The first-order valence-electron chi connectivity index (χ1n) is 6.55. The molecule has 0 radical (unpaired) electrons. The van der Waals surface area contributed by atoms with Crippen molar-refractivity contribution in [2.75, 3.05) is 7.05 Å². The zero-order valence-corrected chi connectivity index (χ0v) is 12.5. The lowest BCUT2D eigenvalue weighted by molar-refractivity contribution is 0.322. The van der Waals surface area contributed by atoms with E-state index in [1.54, 1.807) is 0 Å².